The number of pyridine rings is 1. The van der Waals surface area contributed by atoms with Gasteiger partial charge < -0.3 is 5.32 Å². The lowest BCUT2D eigenvalue weighted by Crippen LogP contribution is -2.35. The molecule has 1 saturated carbocycles. The Hall–Kier alpha value is -1.91. The second-order valence-corrected chi connectivity index (χ2v) is 5.44. The van der Waals surface area contributed by atoms with E-state index in [1.54, 1.807) is 6.20 Å². The van der Waals surface area contributed by atoms with Crippen LogP contribution in [0.25, 0.3) is 11.4 Å². The van der Waals surface area contributed by atoms with Crippen molar-refractivity contribution in [3.8, 4) is 11.4 Å². The van der Waals surface area contributed by atoms with Gasteiger partial charge in [-0.15, -0.1) is 5.10 Å². The normalized spacial score (nSPS) is 25.3. The van der Waals surface area contributed by atoms with Crippen molar-refractivity contribution in [2.24, 2.45) is 5.92 Å². The molecule has 5 nitrogen and oxygen atoms in total. The second kappa shape index (κ2) is 4.33. The van der Waals surface area contributed by atoms with E-state index >= 15 is 0 Å². The molecule has 1 fully saturated rings. The van der Waals surface area contributed by atoms with Gasteiger partial charge in [-0.25, -0.2) is 4.68 Å². The van der Waals surface area contributed by atoms with Crippen LogP contribution in [0.15, 0.2) is 24.5 Å². The van der Waals surface area contributed by atoms with Crippen LogP contribution in [0, 0.1) is 5.92 Å². The third-order valence-electron chi connectivity index (χ3n) is 4.26. The molecule has 2 atom stereocenters. The molecule has 2 aromatic rings. The largest absolute Gasteiger partial charge is 0.354 e. The van der Waals surface area contributed by atoms with Crippen molar-refractivity contribution < 1.29 is 0 Å². The first-order valence-electron chi connectivity index (χ1n) is 7.02. The van der Waals surface area contributed by atoms with Gasteiger partial charge in [-0.1, -0.05) is 12.8 Å². The summed E-state index contributed by atoms with van der Waals surface area (Å²) in [7, 11) is 0. The first-order chi connectivity index (χ1) is 9.42. The third-order valence-corrected chi connectivity index (χ3v) is 4.26. The molecule has 0 bridgehead atoms. The van der Waals surface area contributed by atoms with Crippen molar-refractivity contribution in [1.29, 1.82) is 0 Å². The van der Waals surface area contributed by atoms with Crippen LogP contribution in [0.5, 0.6) is 0 Å². The predicted octanol–water partition coefficient (Wildman–Crippen LogP) is 2.50. The van der Waals surface area contributed by atoms with E-state index in [2.05, 4.69) is 20.0 Å². The summed E-state index contributed by atoms with van der Waals surface area (Å²) in [6.07, 6.45) is 8.79. The molecule has 19 heavy (non-hydrogen) atoms. The first-order valence-corrected chi connectivity index (χ1v) is 7.02. The fourth-order valence-corrected chi connectivity index (χ4v) is 3.26. The molecule has 5 heteroatoms. The number of aromatic nitrogens is 4. The average molecular weight is 255 g/mol. The van der Waals surface area contributed by atoms with Crippen LogP contribution in [-0.4, -0.2) is 26.3 Å². The van der Waals surface area contributed by atoms with Crippen molar-refractivity contribution in [2.75, 3.05) is 11.9 Å². The van der Waals surface area contributed by atoms with Gasteiger partial charge >= 0.3 is 0 Å². The Bertz CT molecular complexity index is 577. The van der Waals surface area contributed by atoms with Crippen molar-refractivity contribution in [3.05, 3.63) is 24.5 Å². The molecular formula is C14H17N5. The van der Waals surface area contributed by atoms with Gasteiger partial charge in [0.1, 0.15) is 0 Å². The number of nitrogens with zero attached hydrogens (tertiary/aromatic N) is 4. The third kappa shape index (κ3) is 1.80. The standard InChI is InChI=1S/C14H17N5/c1-2-6-12-10(4-1)9-16-14-17-13(18-19(12)14)11-5-3-7-15-8-11/h3,5,7-8,10,12H,1-2,4,6,9H2,(H,16,17,18). The molecule has 0 saturated heterocycles. The van der Waals surface area contributed by atoms with Crippen LogP contribution in [0.3, 0.4) is 0 Å². The van der Waals surface area contributed by atoms with Gasteiger partial charge in [0.15, 0.2) is 5.82 Å². The fourth-order valence-electron chi connectivity index (χ4n) is 3.26. The van der Waals surface area contributed by atoms with Gasteiger partial charge in [0, 0.05) is 24.5 Å². The van der Waals surface area contributed by atoms with E-state index in [1.165, 1.54) is 25.7 Å². The molecule has 1 aliphatic carbocycles. The zero-order valence-electron chi connectivity index (χ0n) is 10.8. The molecule has 0 radical (unpaired) electrons. The van der Waals surface area contributed by atoms with E-state index in [0.717, 1.165) is 23.9 Å². The van der Waals surface area contributed by atoms with E-state index in [9.17, 15) is 0 Å². The smallest absolute Gasteiger partial charge is 0.221 e. The van der Waals surface area contributed by atoms with Crippen molar-refractivity contribution in [2.45, 2.75) is 31.7 Å². The summed E-state index contributed by atoms with van der Waals surface area (Å²) in [6, 6.07) is 4.46. The zero-order chi connectivity index (χ0) is 12.7. The molecule has 98 valence electrons. The van der Waals surface area contributed by atoms with Gasteiger partial charge in [-0.05, 0) is 30.9 Å². The van der Waals surface area contributed by atoms with Crippen LogP contribution in [0.2, 0.25) is 0 Å². The summed E-state index contributed by atoms with van der Waals surface area (Å²) >= 11 is 0. The van der Waals surface area contributed by atoms with E-state index in [4.69, 9.17) is 5.10 Å². The lowest BCUT2D eigenvalue weighted by molar-refractivity contribution is 0.222. The summed E-state index contributed by atoms with van der Waals surface area (Å²) in [4.78, 5) is 8.75. The quantitative estimate of drug-likeness (QED) is 0.850. The number of rotatable bonds is 1. The Morgan fingerprint density at radius 1 is 1.26 bits per heavy atom. The van der Waals surface area contributed by atoms with E-state index < -0.39 is 0 Å². The minimum atomic E-state index is 0.530. The number of hydrogen-bond acceptors (Lipinski definition) is 4. The second-order valence-electron chi connectivity index (χ2n) is 5.44. The molecular weight excluding hydrogens is 238 g/mol. The minimum Gasteiger partial charge on any atom is -0.354 e. The monoisotopic (exact) mass is 255 g/mol. The molecule has 4 rings (SSSR count). The summed E-state index contributed by atoms with van der Waals surface area (Å²) < 4.78 is 2.11. The van der Waals surface area contributed by atoms with Crippen LogP contribution in [0.4, 0.5) is 5.95 Å². The predicted molar refractivity (Wildman–Crippen MR) is 72.7 cm³/mol. The molecule has 1 aliphatic heterocycles. The summed E-state index contributed by atoms with van der Waals surface area (Å²) in [5.74, 6) is 2.41. The zero-order valence-corrected chi connectivity index (χ0v) is 10.8. The molecule has 0 spiro atoms. The highest BCUT2D eigenvalue weighted by Crippen LogP contribution is 2.38. The van der Waals surface area contributed by atoms with E-state index in [0.29, 0.717) is 12.0 Å². The maximum absolute atomic E-state index is 4.71. The van der Waals surface area contributed by atoms with Crippen molar-refractivity contribution >= 4 is 5.95 Å². The summed E-state index contributed by atoms with van der Waals surface area (Å²) in [5.41, 5.74) is 0.985. The van der Waals surface area contributed by atoms with Gasteiger partial charge in [-0.3, -0.25) is 4.98 Å². The highest BCUT2D eigenvalue weighted by molar-refractivity contribution is 5.55. The lowest BCUT2D eigenvalue weighted by atomic mass is 9.84. The topological polar surface area (TPSA) is 55.6 Å². The van der Waals surface area contributed by atoms with Gasteiger partial charge in [-0.2, -0.15) is 4.98 Å². The van der Waals surface area contributed by atoms with Crippen LogP contribution >= 0.6 is 0 Å². The van der Waals surface area contributed by atoms with Crippen LogP contribution < -0.4 is 5.32 Å². The first kappa shape index (κ1) is 11.0. The van der Waals surface area contributed by atoms with Gasteiger partial charge in [0.25, 0.3) is 0 Å². The number of anilines is 1. The Labute approximate surface area is 112 Å². The Morgan fingerprint density at radius 2 is 2.21 bits per heavy atom. The van der Waals surface area contributed by atoms with Crippen molar-refractivity contribution in [3.63, 3.8) is 0 Å². The minimum absolute atomic E-state index is 0.530. The van der Waals surface area contributed by atoms with Crippen molar-refractivity contribution in [1.82, 2.24) is 19.7 Å². The molecule has 0 amide bonds. The molecule has 2 unspecified atom stereocenters. The Morgan fingerprint density at radius 3 is 3.11 bits per heavy atom. The van der Waals surface area contributed by atoms with Gasteiger partial charge in [0.2, 0.25) is 5.95 Å². The average Bonchev–Trinajstić information content (AvgIpc) is 2.93. The molecule has 3 heterocycles. The summed E-state index contributed by atoms with van der Waals surface area (Å²) in [6.45, 7) is 1.04. The lowest BCUT2D eigenvalue weighted by Gasteiger charge is -2.36. The number of hydrogen-bond donors (Lipinski definition) is 1. The fraction of sp³-hybridized carbons (Fsp3) is 0.500. The van der Waals surface area contributed by atoms with Crippen LogP contribution in [-0.2, 0) is 0 Å². The van der Waals surface area contributed by atoms with E-state index in [-0.39, 0.29) is 0 Å². The Balaban J connectivity index is 1.73. The maximum Gasteiger partial charge on any atom is 0.221 e. The Kier molecular flexibility index (Phi) is 2.50. The van der Waals surface area contributed by atoms with Gasteiger partial charge in [0.05, 0.1) is 6.04 Å². The maximum atomic E-state index is 4.71. The molecule has 2 aliphatic rings. The summed E-state index contributed by atoms with van der Waals surface area (Å²) in [5, 5.41) is 8.13. The van der Waals surface area contributed by atoms with Crippen LogP contribution in [0.1, 0.15) is 31.7 Å². The molecule has 1 N–H and O–H groups in total. The highest BCUT2D eigenvalue weighted by atomic mass is 15.4. The number of nitrogens with one attached hydrogen (secondary N) is 1. The SMILES string of the molecule is c1cncc(-c2nc3n(n2)C2CCCCC2CN3)c1. The molecule has 0 aromatic carbocycles. The number of fused-ring (bicyclic) bond motifs is 3. The van der Waals surface area contributed by atoms with E-state index in [1.807, 2.05) is 18.3 Å². The molecule has 2 aromatic heterocycles. The highest BCUT2D eigenvalue weighted by Gasteiger charge is 2.33.